The molecule has 0 bridgehead atoms. The molecule has 110 valence electrons. The number of piperidine rings is 1. The summed E-state index contributed by atoms with van der Waals surface area (Å²) in [4.78, 5) is 13.9. The Balaban J connectivity index is 1.88. The number of hydrogen-bond acceptors (Lipinski definition) is 4. The van der Waals surface area contributed by atoms with Crippen molar-refractivity contribution in [2.75, 3.05) is 31.9 Å². The molecule has 1 amide bonds. The summed E-state index contributed by atoms with van der Waals surface area (Å²) in [5.74, 6) is 0.0999. The van der Waals surface area contributed by atoms with E-state index in [1.165, 1.54) is 4.31 Å². The molecule has 1 atom stereocenters. The third kappa shape index (κ3) is 3.27. The molecular weight excluding hydrogens is 268 g/mol. The number of carbonyl (C=O) groups is 1. The van der Waals surface area contributed by atoms with Crippen molar-refractivity contribution in [3.63, 3.8) is 0 Å². The number of aliphatic hydroxyl groups is 1. The first-order chi connectivity index (χ1) is 8.94. The normalized spacial score (nSPS) is 26.8. The molecule has 2 aliphatic rings. The monoisotopic (exact) mass is 290 g/mol. The van der Waals surface area contributed by atoms with Gasteiger partial charge in [0.15, 0.2) is 0 Å². The molecule has 0 aromatic heterocycles. The van der Waals surface area contributed by atoms with Gasteiger partial charge in [-0.2, -0.15) is 0 Å². The second-order valence-corrected chi connectivity index (χ2v) is 7.56. The Morgan fingerprint density at radius 3 is 2.32 bits per heavy atom. The van der Waals surface area contributed by atoms with Crippen molar-refractivity contribution in [1.29, 1.82) is 0 Å². The molecule has 0 unspecified atom stereocenters. The summed E-state index contributed by atoms with van der Waals surface area (Å²) < 4.78 is 24.9. The Kier molecular flexibility index (Phi) is 4.47. The zero-order chi connectivity index (χ0) is 14.0. The minimum Gasteiger partial charge on any atom is -0.391 e. The average Bonchev–Trinajstić information content (AvgIpc) is 2.85. The van der Waals surface area contributed by atoms with E-state index in [4.69, 9.17) is 0 Å². The molecule has 0 saturated carbocycles. The number of rotatable bonds is 3. The minimum atomic E-state index is -3.13. The quantitative estimate of drug-likeness (QED) is 0.770. The van der Waals surface area contributed by atoms with Gasteiger partial charge >= 0.3 is 0 Å². The van der Waals surface area contributed by atoms with Gasteiger partial charge in [-0.05, 0) is 26.2 Å². The van der Waals surface area contributed by atoms with Crippen LogP contribution in [0.25, 0.3) is 0 Å². The lowest BCUT2D eigenvalue weighted by Gasteiger charge is -2.32. The van der Waals surface area contributed by atoms with Crippen molar-refractivity contribution >= 4 is 15.9 Å². The molecule has 0 spiro atoms. The molecule has 1 N–H and O–H groups in total. The van der Waals surface area contributed by atoms with E-state index in [1.54, 1.807) is 11.8 Å². The lowest BCUT2D eigenvalue weighted by molar-refractivity contribution is -0.136. The fourth-order valence-corrected chi connectivity index (χ4v) is 3.90. The van der Waals surface area contributed by atoms with E-state index in [0.717, 1.165) is 0 Å². The molecule has 2 saturated heterocycles. The second-order valence-electron chi connectivity index (χ2n) is 5.30. The predicted octanol–water partition coefficient (Wildman–Crippen LogP) is -0.359. The van der Waals surface area contributed by atoms with Gasteiger partial charge in [-0.25, -0.2) is 12.7 Å². The molecule has 2 aliphatic heterocycles. The van der Waals surface area contributed by atoms with Gasteiger partial charge in [0, 0.05) is 32.1 Å². The highest BCUT2D eigenvalue weighted by Crippen LogP contribution is 2.23. The number of β-amino-alcohol motifs (C(OH)–C–C–N with tert-alkyl or cyclic N) is 1. The van der Waals surface area contributed by atoms with Gasteiger partial charge < -0.3 is 10.0 Å². The van der Waals surface area contributed by atoms with E-state index in [1.807, 2.05) is 0 Å². The molecule has 0 aromatic carbocycles. The van der Waals surface area contributed by atoms with Crippen molar-refractivity contribution in [3.8, 4) is 0 Å². The van der Waals surface area contributed by atoms with Crippen LogP contribution in [-0.2, 0) is 14.8 Å². The van der Waals surface area contributed by atoms with Crippen LogP contribution in [-0.4, -0.2) is 66.7 Å². The number of carbonyl (C=O) groups excluding carboxylic acids is 1. The first-order valence-corrected chi connectivity index (χ1v) is 8.49. The standard InChI is InChI=1S/C12H22N2O4S/c1-2-19(17,18)14-7-3-10(4-8-14)12(16)13-6-5-11(15)9-13/h10-11,15H,2-9H2,1H3/t11-/m1/s1. The van der Waals surface area contributed by atoms with E-state index >= 15 is 0 Å². The van der Waals surface area contributed by atoms with Crippen LogP contribution in [0.2, 0.25) is 0 Å². The maximum atomic E-state index is 12.2. The molecule has 2 heterocycles. The summed E-state index contributed by atoms with van der Waals surface area (Å²) in [6.07, 6.45) is 1.42. The Bertz CT molecular complexity index is 429. The molecule has 2 rings (SSSR count). The maximum absolute atomic E-state index is 12.2. The van der Waals surface area contributed by atoms with Crippen LogP contribution in [0.1, 0.15) is 26.2 Å². The second kappa shape index (κ2) is 5.76. The maximum Gasteiger partial charge on any atom is 0.225 e. The van der Waals surface area contributed by atoms with Crippen LogP contribution in [0.15, 0.2) is 0 Å². The van der Waals surface area contributed by atoms with Crippen LogP contribution in [0.4, 0.5) is 0 Å². The van der Waals surface area contributed by atoms with Crippen molar-refractivity contribution in [3.05, 3.63) is 0 Å². The van der Waals surface area contributed by atoms with E-state index in [0.29, 0.717) is 45.4 Å². The largest absolute Gasteiger partial charge is 0.391 e. The lowest BCUT2D eigenvalue weighted by atomic mass is 9.97. The Hall–Kier alpha value is -0.660. The van der Waals surface area contributed by atoms with Crippen LogP contribution < -0.4 is 0 Å². The minimum absolute atomic E-state index is 0.0742. The summed E-state index contributed by atoms with van der Waals surface area (Å²) in [6, 6.07) is 0. The smallest absolute Gasteiger partial charge is 0.225 e. The van der Waals surface area contributed by atoms with Crippen molar-refractivity contribution < 1.29 is 18.3 Å². The Morgan fingerprint density at radius 2 is 1.84 bits per heavy atom. The highest BCUT2D eigenvalue weighted by Gasteiger charge is 2.34. The first kappa shape index (κ1) is 14.7. The molecule has 6 nitrogen and oxygen atoms in total. The number of sulfonamides is 1. The zero-order valence-corrected chi connectivity index (χ0v) is 12.1. The third-order valence-corrected chi connectivity index (χ3v) is 5.92. The summed E-state index contributed by atoms with van der Waals surface area (Å²) in [6.45, 7) is 3.55. The zero-order valence-electron chi connectivity index (χ0n) is 11.3. The third-order valence-electron chi connectivity index (χ3n) is 4.04. The number of hydrogen-bond donors (Lipinski definition) is 1. The van der Waals surface area contributed by atoms with Gasteiger partial charge in [-0.15, -0.1) is 0 Å². The Morgan fingerprint density at radius 1 is 1.21 bits per heavy atom. The van der Waals surface area contributed by atoms with E-state index < -0.39 is 16.1 Å². The fraction of sp³-hybridized carbons (Fsp3) is 0.917. The van der Waals surface area contributed by atoms with Crippen LogP contribution in [0, 0.1) is 5.92 Å². The first-order valence-electron chi connectivity index (χ1n) is 6.88. The van der Waals surface area contributed by atoms with Gasteiger partial charge in [0.05, 0.1) is 11.9 Å². The summed E-state index contributed by atoms with van der Waals surface area (Å²) >= 11 is 0. The van der Waals surface area contributed by atoms with Crippen molar-refractivity contribution in [2.45, 2.75) is 32.3 Å². The molecule has 2 fully saturated rings. The molecular formula is C12H22N2O4S. The number of nitrogens with zero attached hydrogens (tertiary/aromatic N) is 2. The lowest BCUT2D eigenvalue weighted by Crippen LogP contribution is -2.44. The van der Waals surface area contributed by atoms with Crippen molar-refractivity contribution in [2.24, 2.45) is 5.92 Å². The van der Waals surface area contributed by atoms with Crippen LogP contribution in [0.3, 0.4) is 0 Å². The summed E-state index contributed by atoms with van der Waals surface area (Å²) in [5.41, 5.74) is 0. The molecule has 7 heteroatoms. The van der Waals surface area contributed by atoms with Gasteiger partial charge in [0.1, 0.15) is 0 Å². The Labute approximate surface area is 114 Å². The van der Waals surface area contributed by atoms with Gasteiger partial charge in [-0.3, -0.25) is 4.79 Å². The summed E-state index contributed by atoms with van der Waals surface area (Å²) in [7, 11) is -3.13. The topological polar surface area (TPSA) is 77.9 Å². The van der Waals surface area contributed by atoms with Crippen LogP contribution in [0.5, 0.6) is 0 Å². The molecule has 19 heavy (non-hydrogen) atoms. The highest BCUT2D eigenvalue weighted by atomic mass is 32.2. The van der Waals surface area contributed by atoms with E-state index in [2.05, 4.69) is 0 Å². The SMILES string of the molecule is CCS(=O)(=O)N1CCC(C(=O)N2CC[C@@H](O)C2)CC1. The van der Waals surface area contributed by atoms with Gasteiger partial charge in [-0.1, -0.05) is 0 Å². The molecule has 0 aliphatic carbocycles. The van der Waals surface area contributed by atoms with Crippen LogP contribution >= 0.6 is 0 Å². The average molecular weight is 290 g/mol. The number of amides is 1. The van der Waals surface area contributed by atoms with E-state index in [-0.39, 0.29) is 17.6 Å². The summed E-state index contributed by atoms with van der Waals surface area (Å²) in [5, 5.41) is 9.45. The van der Waals surface area contributed by atoms with Gasteiger partial charge in [0.2, 0.25) is 15.9 Å². The highest BCUT2D eigenvalue weighted by molar-refractivity contribution is 7.89. The van der Waals surface area contributed by atoms with Crippen molar-refractivity contribution in [1.82, 2.24) is 9.21 Å². The number of aliphatic hydroxyl groups excluding tert-OH is 1. The molecule has 0 radical (unpaired) electrons. The van der Waals surface area contributed by atoms with E-state index in [9.17, 15) is 18.3 Å². The predicted molar refractivity (Wildman–Crippen MR) is 71.0 cm³/mol. The van der Waals surface area contributed by atoms with Gasteiger partial charge in [0.25, 0.3) is 0 Å². The molecule has 0 aromatic rings. The number of likely N-dealkylation sites (tertiary alicyclic amines) is 1. The fourth-order valence-electron chi connectivity index (χ4n) is 2.76.